The molecule has 21 heavy (non-hydrogen) atoms. The monoisotopic (exact) mass is 316 g/mol. The van der Waals surface area contributed by atoms with Crippen molar-refractivity contribution in [3.8, 4) is 0 Å². The van der Waals surface area contributed by atoms with E-state index in [2.05, 4.69) is 21.6 Å². The molecule has 1 heterocycles. The van der Waals surface area contributed by atoms with E-state index in [1.54, 1.807) is 0 Å². The van der Waals surface area contributed by atoms with Crippen molar-refractivity contribution in [2.24, 2.45) is 0 Å². The molecule has 1 aliphatic rings. The highest BCUT2D eigenvalue weighted by Gasteiger charge is 2.17. The molecule has 0 spiro atoms. The maximum Gasteiger partial charge on any atom is 0.240 e. The van der Waals surface area contributed by atoms with Crippen molar-refractivity contribution in [2.75, 3.05) is 52.0 Å². The molecule has 1 aromatic rings. The standard InChI is InChI=1S/C13H21FN4O2S/c1-17-6-8-18(9-7-17)5-4-16-21(19,20)11-2-3-12(14)13(15)10-11/h2-3,10,16H,4-9,15H2,1H3. The zero-order valence-corrected chi connectivity index (χ0v) is 12.9. The minimum absolute atomic E-state index is 0.0141. The van der Waals surface area contributed by atoms with E-state index in [1.807, 2.05) is 0 Å². The van der Waals surface area contributed by atoms with Gasteiger partial charge < -0.3 is 10.6 Å². The summed E-state index contributed by atoms with van der Waals surface area (Å²) >= 11 is 0. The minimum atomic E-state index is -3.64. The first-order valence-corrected chi connectivity index (χ1v) is 8.32. The van der Waals surface area contributed by atoms with Crippen LogP contribution in [0.1, 0.15) is 0 Å². The van der Waals surface area contributed by atoms with Gasteiger partial charge in [0, 0.05) is 39.3 Å². The van der Waals surface area contributed by atoms with Gasteiger partial charge in [-0.05, 0) is 25.2 Å². The zero-order valence-electron chi connectivity index (χ0n) is 12.0. The zero-order chi connectivity index (χ0) is 15.5. The number of hydrogen-bond acceptors (Lipinski definition) is 5. The lowest BCUT2D eigenvalue weighted by Crippen LogP contribution is -2.46. The number of halogens is 1. The largest absolute Gasteiger partial charge is 0.396 e. The van der Waals surface area contributed by atoms with Crippen LogP contribution in [0.3, 0.4) is 0 Å². The Labute approximate surface area is 124 Å². The second kappa shape index (κ2) is 6.69. The van der Waals surface area contributed by atoms with Gasteiger partial charge in [0.25, 0.3) is 0 Å². The molecule has 0 aromatic heterocycles. The average Bonchev–Trinajstić information content (AvgIpc) is 2.44. The molecule has 0 saturated carbocycles. The van der Waals surface area contributed by atoms with Crippen LogP contribution in [0, 0.1) is 5.82 Å². The van der Waals surface area contributed by atoms with Crippen LogP contribution in [-0.2, 0) is 10.0 Å². The maximum absolute atomic E-state index is 13.1. The summed E-state index contributed by atoms with van der Waals surface area (Å²) in [6, 6.07) is 3.40. The topological polar surface area (TPSA) is 78.7 Å². The van der Waals surface area contributed by atoms with Crippen LogP contribution in [0.15, 0.2) is 23.1 Å². The second-order valence-electron chi connectivity index (χ2n) is 5.23. The van der Waals surface area contributed by atoms with Gasteiger partial charge >= 0.3 is 0 Å². The van der Waals surface area contributed by atoms with E-state index in [0.717, 1.165) is 38.3 Å². The van der Waals surface area contributed by atoms with E-state index in [1.165, 1.54) is 6.07 Å². The molecule has 6 nitrogen and oxygen atoms in total. The third kappa shape index (κ3) is 4.37. The minimum Gasteiger partial charge on any atom is -0.396 e. The Balaban J connectivity index is 1.88. The highest BCUT2D eigenvalue weighted by molar-refractivity contribution is 7.89. The summed E-state index contributed by atoms with van der Waals surface area (Å²) in [5.41, 5.74) is 5.23. The number of sulfonamides is 1. The summed E-state index contributed by atoms with van der Waals surface area (Å²) < 4.78 is 39.7. The van der Waals surface area contributed by atoms with Gasteiger partial charge in [0.15, 0.2) is 0 Å². The lowest BCUT2D eigenvalue weighted by molar-refractivity contribution is 0.156. The van der Waals surface area contributed by atoms with Crippen LogP contribution in [0.4, 0.5) is 10.1 Å². The van der Waals surface area contributed by atoms with E-state index in [9.17, 15) is 12.8 Å². The third-order valence-electron chi connectivity index (χ3n) is 3.59. The lowest BCUT2D eigenvalue weighted by atomic mass is 10.3. The van der Waals surface area contributed by atoms with Crippen molar-refractivity contribution >= 4 is 15.7 Å². The molecule has 8 heteroatoms. The number of benzene rings is 1. The summed E-state index contributed by atoms with van der Waals surface area (Å²) in [4.78, 5) is 4.43. The first-order chi connectivity index (χ1) is 9.88. The van der Waals surface area contributed by atoms with Gasteiger partial charge in [-0.1, -0.05) is 0 Å². The lowest BCUT2D eigenvalue weighted by Gasteiger charge is -2.32. The van der Waals surface area contributed by atoms with Crippen molar-refractivity contribution in [3.05, 3.63) is 24.0 Å². The molecule has 1 saturated heterocycles. The molecule has 0 atom stereocenters. The van der Waals surface area contributed by atoms with Gasteiger partial charge in [-0.15, -0.1) is 0 Å². The van der Waals surface area contributed by atoms with Crippen molar-refractivity contribution in [1.82, 2.24) is 14.5 Å². The van der Waals surface area contributed by atoms with Crippen LogP contribution < -0.4 is 10.5 Å². The number of piperazine rings is 1. The van der Waals surface area contributed by atoms with E-state index < -0.39 is 15.8 Å². The second-order valence-corrected chi connectivity index (χ2v) is 6.99. The highest BCUT2D eigenvalue weighted by atomic mass is 32.2. The molecular weight excluding hydrogens is 295 g/mol. The molecule has 0 aliphatic carbocycles. The normalized spacial score (nSPS) is 18.0. The number of nitrogens with zero attached hydrogens (tertiary/aromatic N) is 2. The van der Waals surface area contributed by atoms with Gasteiger partial charge in [-0.2, -0.15) is 0 Å². The number of rotatable bonds is 5. The van der Waals surface area contributed by atoms with Gasteiger partial charge in [0.05, 0.1) is 10.6 Å². The Kier molecular flexibility index (Phi) is 5.15. The predicted molar refractivity (Wildman–Crippen MR) is 79.9 cm³/mol. The number of nitrogens with two attached hydrogens (primary N) is 1. The van der Waals surface area contributed by atoms with Crippen molar-refractivity contribution in [3.63, 3.8) is 0 Å². The molecule has 0 radical (unpaired) electrons. The van der Waals surface area contributed by atoms with Crippen LogP contribution in [0.25, 0.3) is 0 Å². The fourth-order valence-corrected chi connectivity index (χ4v) is 3.24. The molecule has 0 bridgehead atoms. The molecule has 1 aliphatic heterocycles. The van der Waals surface area contributed by atoms with Crippen molar-refractivity contribution in [2.45, 2.75) is 4.90 Å². The molecule has 1 fully saturated rings. The van der Waals surface area contributed by atoms with E-state index >= 15 is 0 Å². The molecule has 1 aromatic carbocycles. The number of nitrogens with one attached hydrogen (secondary N) is 1. The van der Waals surface area contributed by atoms with Gasteiger partial charge in [0.2, 0.25) is 10.0 Å². The van der Waals surface area contributed by atoms with Crippen molar-refractivity contribution in [1.29, 1.82) is 0 Å². The van der Waals surface area contributed by atoms with Gasteiger partial charge in [0.1, 0.15) is 5.82 Å². The first-order valence-electron chi connectivity index (χ1n) is 6.84. The predicted octanol–water partition coefficient (Wildman–Crippen LogP) is -0.0664. The van der Waals surface area contributed by atoms with Crippen LogP contribution in [-0.4, -0.2) is 64.5 Å². The van der Waals surface area contributed by atoms with E-state index in [4.69, 9.17) is 5.73 Å². The summed E-state index contributed by atoms with van der Waals surface area (Å²) in [5.74, 6) is -0.619. The molecule has 3 N–H and O–H groups in total. The summed E-state index contributed by atoms with van der Waals surface area (Å²) in [6.45, 7) is 4.82. The Morgan fingerprint density at radius 3 is 2.57 bits per heavy atom. The smallest absolute Gasteiger partial charge is 0.240 e. The number of anilines is 1. The summed E-state index contributed by atoms with van der Waals surface area (Å²) in [7, 11) is -1.58. The van der Waals surface area contributed by atoms with Crippen LogP contribution in [0.2, 0.25) is 0 Å². The van der Waals surface area contributed by atoms with Crippen molar-refractivity contribution < 1.29 is 12.8 Å². The fourth-order valence-electron chi connectivity index (χ4n) is 2.18. The summed E-state index contributed by atoms with van der Waals surface area (Å²) in [6.07, 6.45) is 0. The van der Waals surface area contributed by atoms with Crippen LogP contribution >= 0.6 is 0 Å². The molecule has 0 unspecified atom stereocenters. The van der Waals surface area contributed by atoms with E-state index in [0.29, 0.717) is 13.1 Å². The number of likely N-dealkylation sites (N-methyl/N-ethyl adjacent to an activating group) is 1. The Hall–Kier alpha value is -1.22. The molecule has 2 rings (SSSR count). The Morgan fingerprint density at radius 2 is 1.95 bits per heavy atom. The molecular formula is C13H21FN4O2S. The third-order valence-corrected chi connectivity index (χ3v) is 5.05. The molecule has 118 valence electrons. The quantitative estimate of drug-likeness (QED) is 0.744. The molecule has 0 amide bonds. The fraction of sp³-hybridized carbons (Fsp3) is 0.538. The number of nitrogen functional groups attached to an aromatic ring is 1. The first kappa shape index (κ1) is 16.2. The highest BCUT2D eigenvalue weighted by Crippen LogP contribution is 2.16. The number of hydrogen-bond donors (Lipinski definition) is 2. The van der Waals surface area contributed by atoms with Crippen LogP contribution in [0.5, 0.6) is 0 Å². The Bertz CT molecular complexity index is 586. The van der Waals surface area contributed by atoms with Gasteiger partial charge in [-0.25, -0.2) is 17.5 Å². The maximum atomic E-state index is 13.1. The Morgan fingerprint density at radius 1 is 1.29 bits per heavy atom. The average molecular weight is 316 g/mol. The summed E-state index contributed by atoms with van der Waals surface area (Å²) in [5, 5.41) is 0. The van der Waals surface area contributed by atoms with Gasteiger partial charge in [-0.3, -0.25) is 4.90 Å². The van der Waals surface area contributed by atoms with E-state index in [-0.39, 0.29) is 10.6 Å². The SMILES string of the molecule is CN1CCN(CCNS(=O)(=O)c2ccc(F)c(N)c2)CC1.